The first-order chi connectivity index (χ1) is 14.0. The zero-order valence-electron chi connectivity index (χ0n) is 18.9. The fourth-order valence-corrected chi connectivity index (χ4v) is 8.41. The summed E-state index contributed by atoms with van der Waals surface area (Å²) in [4.78, 5) is 26.9. The highest BCUT2D eigenvalue weighted by molar-refractivity contribution is 9.09. The Morgan fingerprint density at radius 3 is 2.47 bits per heavy atom. The van der Waals surface area contributed by atoms with Crippen LogP contribution in [0.2, 0.25) is 19.1 Å². The van der Waals surface area contributed by atoms with E-state index in [1.54, 1.807) is 4.90 Å². The minimum Gasteiger partial charge on any atom is -0.445 e. The van der Waals surface area contributed by atoms with E-state index in [0.717, 1.165) is 24.4 Å². The van der Waals surface area contributed by atoms with Crippen molar-refractivity contribution in [2.45, 2.75) is 77.9 Å². The number of nitrogens with zero attached hydrogens (tertiary/aromatic N) is 1. The molecule has 30 heavy (non-hydrogen) atoms. The molecular weight excluding hydrogens is 462 g/mol. The Hall–Kier alpha value is -1.18. The molecule has 1 aliphatic heterocycles. The lowest BCUT2D eigenvalue weighted by Gasteiger charge is -2.44. The van der Waals surface area contributed by atoms with Crippen LogP contribution in [0.25, 0.3) is 0 Å². The molecule has 168 valence electrons. The van der Waals surface area contributed by atoms with Crippen molar-refractivity contribution in [1.82, 2.24) is 4.90 Å². The average Bonchev–Trinajstić information content (AvgIpc) is 2.65. The molecule has 2 atom stereocenters. The summed E-state index contributed by atoms with van der Waals surface area (Å²) in [6.07, 6.45) is 1.51. The second-order valence-corrected chi connectivity index (χ2v) is 14.6. The van der Waals surface area contributed by atoms with E-state index >= 15 is 0 Å². The molecule has 0 aromatic heterocycles. The third-order valence-electron chi connectivity index (χ3n) is 5.17. The zero-order chi connectivity index (χ0) is 22.4. The van der Waals surface area contributed by atoms with Crippen LogP contribution in [0, 0.1) is 5.41 Å². The summed E-state index contributed by atoms with van der Waals surface area (Å²) in [7, 11) is -1.97. The van der Waals surface area contributed by atoms with Crippen LogP contribution in [0.15, 0.2) is 30.3 Å². The van der Waals surface area contributed by atoms with Crippen molar-refractivity contribution >= 4 is 36.1 Å². The highest BCUT2D eigenvalue weighted by Gasteiger charge is 2.41. The van der Waals surface area contributed by atoms with Gasteiger partial charge in [0.05, 0.1) is 17.5 Å². The van der Waals surface area contributed by atoms with Crippen molar-refractivity contribution in [3.05, 3.63) is 35.9 Å². The average molecular weight is 499 g/mol. The van der Waals surface area contributed by atoms with Crippen molar-refractivity contribution in [3.63, 3.8) is 0 Å². The lowest BCUT2D eigenvalue weighted by molar-refractivity contribution is -0.119. The molecule has 1 aliphatic rings. The number of ketones is 1. The number of benzene rings is 1. The number of hydrogen-bond donors (Lipinski definition) is 0. The molecule has 1 aromatic rings. The Balaban J connectivity index is 2.13. The smallest absolute Gasteiger partial charge is 0.410 e. The quantitative estimate of drug-likeness (QED) is 0.337. The number of rotatable bonds is 8. The van der Waals surface area contributed by atoms with Gasteiger partial charge in [-0.3, -0.25) is 4.79 Å². The van der Waals surface area contributed by atoms with Crippen molar-refractivity contribution < 1.29 is 18.8 Å². The molecule has 0 unspecified atom stereocenters. The molecule has 5 nitrogen and oxygen atoms in total. The van der Waals surface area contributed by atoms with E-state index in [4.69, 9.17) is 9.16 Å². The molecule has 0 bridgehead atoms. The molecule has 0 saturated carbocycles. The molecule has 0 aliphatic carbocycles. The minimum atomic E-state index is -1.97. The highest BCUT2D eigenvalue weighted by Crippen LogP contribution is 2.33. The topological polar surface area (TPSA) is 55.8 Å². The molecule has 1 saturated heterocycles. The number of Topliss-reactive ketones (excluding diaryl/α,β-unsaturated/α-hetero) is 1. The van der Waals surface area contributed by atoms with Crippen LogP contribution in [0.1, 0.15) is 45.6 Å². The van der Waals surface area contributed by atoms with Gasteiger partial charge in [-0.05, 0) is 43.0 Å². The molecule has 1 amide bonds. The highest BCUT2D eigenvalue weighted by atomic mass is 79.9. The number of alkyl halides is 1. The van der Waals surface area contributed by atoms with Gasteiger partial charge in [-0.25, -0.2) is 4.79 Å². The number of piperidine rings is 1. The van der Waals surface area contributed by atoms with Crippen molar-refractivity contribution in [3.8, 4) is 0 Å². The van der Waals surface area contributed by atoms with Gasteiger partial charge in [0.1, 0.15) is 12.4 Å². The zero-order valence-corrected chi connectivity index (χ0v) is 21.5. The van der Waals surface area contributed by atoms with Gasteiger partial charge in [0.25, 0.3) is 0 Å². The first kappa shape index (κ1) is 25.1. The Labute approximate surface area is 190 Å². The third-order valence-corrected chi connectivity index (χ3v) is 8.65. The number of ether oxygens (including phenoxy) is 1. The molecule has 1 heterocycles. The molecule has 1 fully saturated rings. The molecule has 2 rings (SSSR count). The maximum Gasteiger partial charge on any atom is 0.410 e. The van der Waals surface area contributed by atoms with Gasteiger partial charge in [0.2, 0.25) is 0 Å². The van der Waals surface area contributed by atoms with Gasteiger partial charge in [-0.2, -0.15) is 0 Å². The van der Waals surface area contributed by atoms with Crippen LogP contribution in [0.3, 0.4) is 0 Å². The fourth-order valence-electron chi connectivity index (χ4n) is 4.45. The standard InChI is InChI=1S/C23H36BrNO4Si/c1-23(2,3)17-30(4,5)29-21-12-9-13-25(20(21)14-19(26)15-24)22(27)28-16-18-10-7-6-8-11-18/h6-8,10-11,20-21H,9,12-17H2,1-5H3/t20-,21+/m1/s1. The van der Waals surface area contributed by atoms with E-state index < -0.39 is 8.32 Å². The monoisotopic (exact) mass is 497 g/mol. The first-order valence-corrected chi connectivity index (χ1v) is 15.0. The lowest BCUT2D eigenvalue weighted by atomic mass is 9.95. The van der Waals surface area contributed by atoms with Gasteiger partial charge < -0.3 is 14.1 Å². The fraction of sp³-hybridized carbons (Fsp3) is 0.652. The largest absolute Gasteiger partial charge is 0.445 e. The number of carbonyl (C=O) groups excluding carboxylic acids is 2. The summed E-state index contributed by atoms with van der Waals surface area (Å²) in [5, 5.41) is 0.284. The summed E-state index contributed by atoms with van der Waals surface area (Å²) < 4.78 is 12.3. The summed E-state index contributed by atoms with van der Waals surface area (Å²) in [6, 6.07) is 10.4. The van der Waals surface area contributed by atoms with Gasteiger partial charge in [-0.1, -0.05) is 67.0 Å². The van der Waals surface area contributed by atoms with E-state index in [1.165, 1.54) is 0 Å². The summed E-state index contributed by atoms with van der Waals surface area (Å²) in [5.41, 5.74) is 1.13. The second-order valence-electron chi connectivity index (χ2n) is 9.97. The van der Waals surface area contributed by atoms with Gasteiger partial charge in [-0.15, -0.1) is 0 Å². The maximum atomic E-state index is 12.9. The number of hydrogen-bond acceptors (Lipinski definition) is 4. The van der Waals surface area contributed by atoms with Crippen LogP contribution in [0.4, 0.5) is 4.79 Å². The Bertz CT molecular complexity index is 705. The van der Waals surface area contributed by atoms with E-state index in [2.05, 4.69) is 49.8 Å². The Morgan fingerprint density at radius 1 is 1.20 bits per heavy atom. The lowest BCUT2D eigenvalue weighted by Crippen LogP contribution is -2.55. The molecule has 0 spiro atoms. The van der Waals surface area contributed by atoms with Crippen molar-refractivity contribution in [2.75, 3.05) is 11.9 Å². The second kappa shape index (κ2) is 10.9. The number of halogens is 1. The van der Waals surface area contributed by atoms with Crippen LogP contribution >= 0.6 is 15.9 Å². The van der Waals surface area contributed by atoms with Crippen LogP contribution < -0.4 is 0 Å². The van der Waals surface area contributed by atoms with Crippen LogP contribution in [0.5, 0.6) is 0 Å². The van der Waals surface area contributed by atoms with Gasteiger partial charge >= 0.3 is 6.09 Å². The van der Waals surface area contributed by atoms with E-state index in [9.17, 15) is 9.59 Å². The summed E-state index contributed by atoms with van der Waals surface area (Å²) >= 11 is 3.26. The Morgan fingerprint density at radius 2 is 1.87 bits per heavy atom. The van der Waals surface area contributed by atoms with Crippen LogP contribution in [-0.2, 0) is 20.6 Å². The number of carbonyl (C=O) groups is 2. The van der Waals surface area contributed by atoms with E-state index in [-0.39, 0.29) is 47.8 Å². The summed E-state index contributed by atoms with van der Waals surface area (Å²) in [6.45, 7) is 12.0. The van der Waals surface area contributed by atoms with Crippen molar-refractivity contribution in [2.24, 2.45) is 5.41 Å². The number of likely N-dealkylation sites (tertiary alicyclic amines) is 1. The number of amides is 1. The summed E-state index contributed by atoms with van der Waals surface area (Å²) in [5.74, 6) is 0.0756. The third kappa shape index (κ3) is 8.15. The van der Waals surface area contributed by atoms with Gasteiger partial charge in [0.15, 0.2) is 8.32 Å². The predicted molar refractivity (Wildman–Crippen MR) is 126 cm³/mol. The Kier molecular flexibility index (Phi) is 9.12. The molecule has 7 heteroatoms. The first-order valence-electron chi connectivity index (χ1n) is 10.7. The molecule has 0 N–H and O–H groups in total. The van der Waals surface area contributed by atoms with E-state index in [1.807, 2.05) is 30.3 Å². The maximum absolute atomic E-state index is 12.9. The molecule has 1 aromatic carbocycles. The van der Waals surface area contributed by atoms with Crippen molar-refractivity contribution in [1.29, 1.82) is 0 Å². The van der Waals surface area contributed by atoms with E-state index in [0.29, 0.717) is 6.54 Å². The molecular formula is C23H36BrNO4Si. The van der Waals surface area contributed by atoms with Crippen LogP contribution in [-0.4, -0.2) is 49.1 Å². The minimum absolute atomic E-state index is 0.0756. The normalized spacial score (nSPS) is 20.1. The molecule has 0 radical (unpaired) electrons. The SMILES string of the molecule is CC(C)(C)C[Si](C)(C)O[C@H]1CCCN(C(=O)OCc2ccccc2)[C@@H]1CC(=O)CBr. The van der Waals surface area contributed by atoms with Gasteiger partial charge in [0, 0.05) is 13.0 Å². The predicted octanol–water partition coefficient (Wildman–Crippen LogP) is 5.78.